The molecule has 0 unspecified atom stereocenters. The SMILES string of the molecule is CCC1CCN(Cc2cccc(CN)n2)CC1. The van der Waals surface area contributed by atoms with Crippen molar-refractivity contribution >= 4 is 0 Å². The number of likely N-dealkylation sites (tertiary alicyclic amines) is 1. The van der Waals surface area contributed by atoms with Crippen molar-refractivity contribution in [3.63, 3.8) is 0 Å². The molecule has 1 aliphatic rings. The van der Waals surface area contributed by atoms with Gasteiger partial charge in [0.1, 0.15) is 0 Å². The van der Waals surface area contributed by atoms with Crippen LogP contribution in [0.3, 0.4) is 0 Å². The summed E-state index contributed by atoms with van der Waals surface area (Å²) in [6, 6.07) is 6.15. The number of rotatable bonds is 4. The van der Waals surface area contributed by atoms with E-state index in [2.05, 4.69) is 28.9 Å². The van der Waals surface area contributed by atoms with E-state index in [0.29, 0.717) is 6.54 Å². The van der Waals surface area contributed by atoms with Crippen LogP contribution in [0.1, 0.15) is 37.6 Å². The van der Waals surface area contributed by atoms with Crippen LogP contribution in [0, 0.1) is 5.92 Å². The Morgan fingerprint density at radius 3 is 2.65 bits per heavy atom. The lowest BCUT2D eigenvalue weighted by Crippen LogP contribution is -2.33. The zero-order valence-corrected chi connectivity index (χ0v) is 10.7. The minimum absolute atomic E-state index is 0.533. The molecule has 1 saturated heterocycles. The molecule has 94 valence electrons. The predicted molar refractivity (Wildman–Crippen MR) is 70.4 cm³/mol. The third kappa shape index (κ3) is 3.51. The minimum atomic E-state index is 0.533. The van der Waals surface area contributed by atoms with Crippen LogP contribution >= 0.6 is 0 Å². The molecule has 2 rings (SSSR count). The summed E-state index contributed by atoms with van der Waals surface area (Å²) in [5, 5.41) is 0. The number of nitrogens with zero attached hydrogens (tertiary/aromatic N) is 2. The molecule has 3 nitrogen and oxygen atoms in total. The molecule has 3 heteroatoms. The van der Waals surface area contributed by atoms with E-state index in [-0.39, 0.29) is 0 Å². The summed E-state index contributed by atoms with van der Waals surface area (Å²) in [7, 11) is 0. The van der Waals surface area contributed by atoms with Crippen LogP contribution in [0.5, 0.6) is 0 Å². The van der Waals surface area contributed by atoms with Crippen molar-refractivity contribution in [2.45, 2.75) is 39.3 Å². The molecular formula is C14H23N3. The number of hydrogen-bond acceptors (Lipinski definition) is 3. The molecule has 1 aromatic heterocycles. The lowest BCUT2D eigenvalue weighted by Gasteiger charge is -2.31. The topological polar surface area (TPSA) is 42.1 Å². The van der Waals surface area contributed by atoms with Gasteiger partial charge in [0.25, 0.3) is 0 Å². The van der Waals surface area contributed by atoms with E-state index in [1.165, 1.54) is 32.4 Å². The van der Waals surface area contributed by atoms with Crippen molar-refractivity contribution in [2.24, 2.45) is 11.7 Å². The van der Waals surface area contributed by atoms with Gasteiger partial charge in [-0.05, 0) is 44.0 Å². The summed E-state index contributed by atoms with van der Waals surface area (Å²) in [6.07, 6.45) is 4.01. The van der Waals surface area contributed by atoms with Crippen LogP contribution in [0.4, 0.5) is 0 Å². The van der Waals surface area contributed by atoms with E-state index in [0.717, 1.165) is 23.9 Å². The Balaban J connectivity index is 1.88. The first-order valence-corrected chi connectivity index (χ1v) is 6.69. The summed E-state index contributed by atoms with van der Waals surface area (Å²) in [5.74, 6) is 0.939. The lowest BCUT2D eigenvalue weighted by molar-refractivity contribution is 0.173. The monoisotopic (exact) mass is 233 g/mol. The van der Waals surface area contributed by atoms with E-state index in [1.807, 2.05) is 6.07 Å². The third-order valence-electron chi connectivity index (χ3n) is 3.74. The normalized spacial score (nSPS) is 18.5. The van der Waals surface area contributed by atoms with Crippen LogP contribution in [0.15, 0.2) is 18.2 Å². The van der Waals surface area contributed by atoms with Gasteiger partial charge in [0.15, 0.2) is 0 Å². The van der Waals surface area contributed by atoms with E-state index < -0.39 is 0 Å². The first-order valence-electron chi connectivity index (χ1n) is 6.69. The molecule has 0 amide bonds. The minimum Gasteiger partial charge on any atom is -0.325 e. The second-order valence-electron chi connectivity index (χ2n) is 4.95. The predicted octanol–water partition coefficient (Wildman–Crippen LogP) is 2.16. The second-order valence-corrected chi connectivity index (χ2v) is 4.95. The van der Waals surface area contributed by atoms with Gasteiger partial charge >= 0.3 is 0 Å². The smallest absolute Gasteiger partial charge is 0.0547 e. The van der Waals surface area contributed by atoms with Crippen molar-refractivity contribution in [1.82, 2.24) is 9.88 Å². The molecule has 0 bridgehead atoms. The quantitative estimate of drug-likeness (QED) is 0.866. The highest BCUT2D eigenvalue weighted by Gasteiger charge is 2.17. The Labute approximate surface area is 104 Å². The average molecular weight is 233 g/mol. The molecule has 0 saturated carbocycles. The van der Waals surface area contributed by atoms with Gasteiger partial charge in [-0.25, -0.2) is 0 Å². The Hall–Kier alpha value is -0.930. The van der Waals surface area contributed by atoms with E-state index in [4.69, 9.17) is 5.73 Å². The molecule has 1 aliphatic heterocycles. The summed E-state index contributed by atoms with van der Waals surface area (Å²) in [5.41, 5.74) is 7.76. The lowest BCUT2D eigenvalue weighted by atomic mass is 9.94. The highest BCUT2D eigenvalue weighted by Crippen LogP contribution is 2.20. The molecule has 0 aliphatic carbocycles. The first kappa shape index (κ1) is 12.5. The summed E-state index contributed by atoms with van der Waals surface area (Å²) < 4.78 is 0. The van der Waals surface area contributed by atoms with Gasteiger partial charge in [0.05, 0.1) is 11.4 Å². The zero-order chi connectivity index (χ0) is 12.1. The van der Waals surface area contributed by atoms with Crippen molar-refractivity contribution in [3.8, 4) is 0 Å². The number of aromatic nitrogens is 1. The average Bonchev–Trinajstić information content (AvgIpc) is 2.40. The number of pyridine rings is 1. The molecule has 17 heavy (non-hydrogen) atoms. The fourth-order valence-corrected chi connectivity index (χ4v) is 2.51. The van der Waals surface area contributed by atoms with Crippen LogP contribution in [-0.4, -0.2) is 23.0 Å². The summed E-state index contributed by atoms with van der Waals surface area (Å²) >= 11 is 0. The van der Waals surface area contributed by atoms with Gasteiger partial charge < -0.3 is 5.73 Å². The number of piperidine rings is 1. The van der Waals surface area contributed by atoms with Crippen molar-refractivity contribution in [1.29, 1.82) is 0 Å². The number of hydrogen-bond donors (Lipinski definition) is 1. The highest BCUT2D eigenvalue weighted by atomic mass is 15.1. The van der Waals surface area contributed by atoms with Crippen molar-refractivity contribution < 1.29 is 0 Å². The van der Waals surface area contributed by atoms with E-state index in [1.54, 1.807) is 0 Å². The van der Waals surface area contributed by atoms with Gasteiger partial charge in [-0.3, -0.25) is 9.88 Å². The van der Waals surface area contributed by atoms with Gasteiger partial charge in [-0.2, -0.15) is 0 Å². The Morgan fingerprint density at radius 1 is 1.29 bits per heavy atom. The first-order chi connectivity index (χ1) is 8.31. The maximum Gasteiger partial charge on any atom is 0.0547 e. The van der Waals surface area contributed by atoms with Gasteiger partial charge in [0.2, 0.25) is 0 Å². The maximum atomic E-state index is 5.61. The molecule has 0 aromatic carbocycles. The molecular weight excluding hydrogens is 210 g/mol. The van der Waals surface area contributed by atoms with Crippen molar-refractivity contribution in [2.75, 3.05) is 13.1 Å². The fourth-order valence-electron chi connectivity index (χ4n) is 2.51. The molecule has 0 atom stereocenters. The van der Waals surface area contributed by atoms with Crippen LogP contribution < -0.4 is 5.73 Å². The summed E-state index contributed by atoms with van der Waals surface area (Å²) in [6.45, 7) is 6.24. The molecule has 2 heterocycles. The maximum absolute atomic E-state index is 5.61. The van der Waals surface area contributed by atoms with Gasteiger partial charge in [0, 0.05) is 13.1 Å². The van der Waals surface area contributed by atoms with E-state index in [9.17, 15) is 0 Å². The third-order valence-corrected chi connectivity index (χ3v) is 3.74. The van der Waals surface area contributed by atoms with Gasteiger partial charge in [-0.15, -0.1) is 0 Å². The van der Waals surface area contributed by atoms with Crippen LogP contribution in [-0.2, 0) is 13.1 Å². The molecule has 0 spiro atoms. The molecule has 1 aromatic rings. The van der Waals surface area contributed by atoms with Crippen LogP contribution in [0.25, 0.3) is 0 Å². The van der Waals surface area contributed by atoms with Crippen LogP contribution in [0.2, 0.25) is 0 Å². The summed E-state index contributed by atoms with van der Waals surface area (Å²) in [4.78, 5) is 7.07. The Bertz CT molecular complexity index is 343. The van der Waals surface area contributed by atoms with E-state index >= 15 is 0 Å². The molecule has 1 fully saturated rings. The second kappa shape index (κ2) is 6.12. The molecule has 0 radical (unpaired) electrons. The zero-order valence-electron chi connectivity index (χ0n) is 10.7. The Kier molecular flexibility index (Phi) is 4.51. The highest BCUT2D eigenvalue weighted by molar-refractivity contribution is 5.11. The standard InChI is InChI=1S/C14H23N3/c1-2-12-6-8-17(9-7-12)11-14-5-3-4-13(10-15)16-14/h3-5,12H,2,6-11,15H2,1H3. The molecule has 2 N–H and O–H groups in total. The fraction of sp³-hybridized carbons (Fsp3) is 0.643. The largest absolute Gasteiger partial charge is 0.325 e. The number of nitrogens with two attached hydrogens (primary N) is 1. The Morgan fingerprint density at radius 2 is 2.00 bits per heavy atom. The van der Waals surface area contributed by atoms with Gasteiger partial charge in [-0.1, -0.05) is 19.4 Å². The van der Waals surface area contributed by atoms with Crippen molar-refractivity contribution in [3.05, 3.63) is 29.6 Å².